The molecule has 10 atom stereocenters. The zero-order valence-corrected chi connectivity index (χ0v) is 15.2. The molecule has 10 nitrogen and oxygen atoms in total. The first-order valence-electron chi connectivity index (χ1n) is 8.68. The lowest BCUT2D eigenvalue weighted by molar-refractivity contribution is -0.300. The van der Waals surface area contributed by atoms with Crippen molar-refractivity contribution in [3.05, 3.63) is 0 Å². The molecule has 26 heavy (non-hydrogen) atoms. The van der Waals surface area contributed by atoms with E-state index in [1.807, 2.05) is 0 Å². The van der Waals surface area contributed by atoms with Crippen LogP contribution in [0.5, 0.6) is 0 Å². The summed E-state index contributed by atoms with van der Waals surface area (Å²) in [6, 6.07) is 0. The molecule has 3 rings (SSSR count). The Morgan fingerprint density at radius 1 is 1.04 bits per heavy atom. The summed E-state index contributed by atoms with van der Waals surface area (Å²) in [6.45, 7) is 4.67. The predicted molar refractivity (Wildman–Crippen MR) is 83.8 cm³/mol. The van der Waals surface area contributed by atoms with Crippen LogP contribution in [0.1, 0.15) is 20.8 Å². The van der Waals surface area contributed by atoms with Crippen LogP contribution in [0.3, 0.4) is 0 Å². The van der Waals surface area contributed by atoms with Crippen molar-refractivity contribution in [2.75, 3.05) is 13.7 Å². The largest absolute Gasteiger partial charge is 0.394 e. The molecule has 0 aliphatic carbocycles. The molecule has 0 aromatic rings. The van der Waals surface area contributed by atoms with Crippen LogP contribution in [0.15, 0.2) is 0 Å². The van der Waals surface area contributed by atoms with Crippen molar-refractivity contribution in [1.29, 1.82) is 0 Å². The van der Waals surface area contributed by atoms with Crippen LogP contribution >= 0.6 is 0 Å². The Hall–Kier alpha value is -0.400. The molecule has 0 unspecified atom stereocenters. The van der Waals surface area contributed by atoms with E-state index in [4.69, 9.17) is 33.5 Å². The topological polar surface area (TPSA) is 136 Å². The van der Waals surface area contributed by atoms with Crippen molar-refractivity contribution < 1.29 is 48.8 Å². The van der Waals surface area contributed by atoms with E-state index < -0.39 is 73.8 Å². The van der Waals surface area contributed by atoms with E-state index >= 15 is 0 Å². The molecule has 3 aliphatic heterocycles. The third-order valence-electron chi connectivity index (χ3n) is 4.91. The molecule has 0 aromatic heterocycles. The van der Waals surface area contributed by atoms with Crippen molar-refractivity contribution in [2.24, 2.45) is 0 Å². The van der Waals surface area contributed by atoms with Crippen LogP contribution in [-0.2, 0) is 28.4 Å². The Morgan fingerprint density at radius 2 is 1.69 bits per heavy atom. The van der Waals surface area contributed by atoms with Gasteiger partial charge in [0, 0.05) is 7.11 Å². The molecule has 3 aliphatic rings. The van der Waals surface area contributed by atoms with Gasteiger partial charge in [-0.05, 0) is 20.8 Å². The minimum Gasteiger partial charge on any atom is -0.394 e. The van der Waals surface area contributed by atoms with Crippen molar-refractivity contribution in [2.45, 2.75) is 88.0 Å². The fourth-order valence-electron chi connectivity index (χ4n) is 3.65. The predicted octanol–water partition coefficient (Wildman–Crippen LogP) is -1.92. The summed E-state index contributed by atoms with van der Waals surface area (Å²) >= 11 is 0. The van der Waals surface area contributed by atoms with Crippen molar-refractivity contribution in [3.63, 3.8) is 0 Å². The van der Waals surface area contributed by atoms with Gasteiger partial charge in [-0.25, -0.2) is 0 Å². The Bertz CT molecular complexity index is 488. The van der Waals surface area contributed by atoms with Gasteiger partial charge in [0.25, 0.3) is 0 Å². The number of aliphatic hydroxyl groups is 4. The third kappa shape index (κ3) is 3.63. The molecule has 10 heteroatoms. The number of aliphatic hydroxyl groups excluding tert-OH is 4. The molecule has 0 aromatic carbocycles. The van der Waals surface area contributed by atoms with Gasteiger partial charge >= 0.3 is 0 Å². The maximum atomic E-state index is 10.2. The molecular weight excluding hydrogens is 352 g/mol. The number of fused-ring (bicyclic) bond motifs is 1. The smallest absolute Gasteiger partial charge is 0.187 e. The van der Waals surface area contributed by atoms with E-state index in [2.05, 4.69) is 0 Å². The lowest BCUT2D eigenvalue weighted by atomic mass is 9.99. The Kier molecular flexibility index (Phi) is 5.91. The van der Waals surface area contributed by atoms with Gasteiger partial charge in [0.05, 0.1) is 12.7 Å². The Balaban J connectivity index is 1.74. The summed E-state index contributed by atoms with van der Waals surface area (Å²) in [7, 11) is 1.51. The second kappa shape index (κ2) is 7.55. The van der Waals surface area contributed by atoms with Crippen molar-refractivity contribution in [3.8, 4) is 0 Å². The Morgan fingerprint density at radius 3 is 2.31 bits per heavy atom. The monoisotopic (exact) mass is 380 g/mol. The van der Waals surface area contributed by atoms with Crippen LogP contribution in [-0.4, -0.2) is 101 Å². The highest BCUT2D eigenvalue weighted by Crippen LogP contribution is 2.40. The number of hydrogen-bond donors (Lipinski definition) is 4. The molecular formula is C16H28O10. The average Bonchev–Trinajstić information content (AvgIpc) is 3.06. The zero-order valence-electron chi connectivity index (χ0n) is 15.2. The molecule has 0 bridgehead atoms. The normalized spacial score (nSPS) is 49.2. The van der Waals surface area contributed by atoms with Crippen LogP contribution in [0.4, 0.5) is 0 Å². The summed E-state index contributed by atoms with van der Waals surface area (Å²) in [4.78, 5) is 0. The third-order valence-corrected chi connectivity index (χ3v) is 4.91. The molecule has 0 radical (unpaired) electrons. The fourth-order valence-corrected chi connectivity index (χ4v) is 3.65. The van der Waals surface area contributed by atoms with Gasteiger partial charge in [-0.2, -0.15) is 0 Å². The molecule has 3 heterocycles. The number of methoxy groups -OCH3 is 1. The van der Waals surface area contributed by atoms with Crippen LogP contribution in [0.25, 0.3) is 0 Å². The summed E-state index contributed by atoms with van der Waals surface area (Å²) in [5, 5.41) is 39.0. The van der Waals surface area contributed by atoms with Gasteiger partial charge in [0.2, 0.25) is 0 Å². The van der Waals surface area contributed by atoms with E-state index in [9.17, 15) is 15.3 Å². The van der Waals surface area contributed by atoms with Gasteiger partial charge in [-0.3, -0.25) is 0 Å². The van der Waals surface area contributed by atoms with E-state index in [0.29, 0.717) is 0 Å². The number of ether oxygens (including phenoxy) is 6. The van der Waals surface area contributed by atoms with E-state index in [1.54, 1.807) is 20.8 Å². The summed E-state index contributed by atoms with van der Waals surface area (Å²) < 4.78 is 34.2. The van der Waals surface area contributed by atoms with Crippen LogP contribution < -0.4 is 0 Å². The first kappa shape index (κ1) is 20.3. The second-order valence-electron chi connectivity index (χ2n) is 7.31. The highest BCUT2D eigenvalue weighted by Gasteiger charge is 2.57. The number of hydrogen-bond acceptors (Lipinski definition) is 10. The lowest BCUT2D eigenvalue weighted by Crippen LogP contribution is -2.58. The van der Waals surface area contributed by atoms with Gasteiger partial charge in [0.1, 0.15) is 42.7 Å². The summed E-state index contributed by atoms with van der Waals surface area (Å²) in [6.07, 6.45) is -9.42. The molecule has 0 spiro atoms. The SMILES string of the molecule is CO[C@@H]1O[C@@H](C)[C@H](O[C@@H]2O[C@@H]([C@H](O)CO)[C@H](O)[C@H]2O)[C@H]2OC(C)(C)O[C@@H]12. The number of rotatable bonds is 5. The van der Waals surface area contributed by atoms with Gasteiger partial charge < -0.3 is 48.8 Å². The van der Waals surface area contributed by atoms with E-state index in [1.165, 1.54) is 7.11 Å². The van der Waals surface area contributed by atoms with Crippen LogP contribution in [0.2, 0.25) is 0 Å². The Labute approximate surface area is 151 Å². The highest BCUT2D eigenvalue weighted by atomic mass is 16.8. The van der Waals surface area contributed by atoms with Gasteiger partial charge in [-0.15, -0.1) is 0 Å². The van der Waals surface area contributed by atoms with Crippen molar-refractivity contribution in [1.82, 2.24) is 0 Å². The molecule has 0 amide bonds. The van der Waals surface area contributed by atoms with E-state index in [-0.39, 0.29) is 0 Å². The summed E-state index contributed by atoms with van der Waals surface area (Å²) in [5.74, 6) is -0.870. The minimum atomic E-state index is -1.40. The molecule has 4 N–H and O–H groups in total. The maximum Gasteiger partial charge on any atom is 0.187 e. The molecule has 0 saturated carbocycles. The zero-order chi connectivity index (χ0) is 19.2. The quantitative estimate of drug-likeness (QED) is 0.427. The summed E-state index contributed by atoms with van der Waals surface area (Å²) in [5.41, 5.74) is 0. The molecule has 3 saturated heterocycles. The highest BCUT2D eigenvalue weighted by molar-refractivity contribution is 4.98. The fraction of sp³-hybridized carbons (Fsp3) is 1.00. The first-order valence-corrected chi connectivity index (χ1v) is 8.68. The van der Waals surface area contributed by atoms with Crippen LogP contribution in [0, 0.1) is 0 Å². The standard InChI is InChI=1S/C16H28O10/c1-6-10(12-13(15(21-4)22-6)26-16(2,3)25-12)23-14-9(20)8(19)11(24-14)7(18)5-17/h6-15,17-20H,5H2,1-4H3/t6-,7+,8+,9+,10-,11-,12+,13+,14+,15+/m0/s1. The average molecular weight is 380 g/mol. The second-order valence-corrected chi connectivity index (χ2v) is 7.31. The van der Waals surface area contributed by atoms with E-state index in [0.717, 1.165) is 0 Å². The van der Waals surface area contributed by atoms with Gasteiger partial charge in [-0.1, -0.05) is 0 Å². The first-order chi connectivity index (χ1) is 12.2. The lowest BCUT2D eigenvalue weighted by Gasteiger charge is -2.41. The molecule has 3 fully saturated rings. The van der Waals surface area contributed by atoms with Crippen molar-refractivity contribution >= 4 is 0 Å². The molecule has 152 valence electrons. The van der Waals surface area contributed by atoms with Gasteiger partial charge in [0.15, 0.2) is 18.4 Å². The minimum absolute atomic E-state index is 0.478. The maximum absolute atomic E-state index is 10.2.